The molecule has 6 heteroatoms. The van der Waals surface area contributed by atoms with Gasteiger partial charge in [0.1, 0.15) is 11.5 Å². The van der Waals surface area contributed by atoms with E-state index in [1.165, 1.54) is 0 Å². The molecule has 33 heavy (non-hydrogen) atoms. The van der Waals surface area contributed by atoms with Gasteiger partial charge in [-0.3, -0.25) is 4.79 Å². The molecule has 1 aliphatic carbocycles. The molecule has 1 N–H and O–H groups in total. The molecule has 172 valence electrons. The van der Waals surface area contributed by atoms with Crippen molar-refractivity contribution in [3.05, 3.63) is 82.2 Å². The van der Waals surface area contributed by atoms with E-state index in [9.17, 15) is 9.59 Å². The van der Waals surface area contributed by atoms with Gasteiger partial charge in [-0.15, -0.1) is 0 Å². The summed E-state index contributed by atoms with van der Waals surface area (Å²) in [7, 11) is 3.17. The molecule has 0 radical (unpaired) electrons. The highest BCUT2D eigenvalue weighted by atomic mass is 16.5. The number of hydrogen-bond donors (Lipinski definition) is 1. The fourth-order valence-corrected chi connectivity index (χ4v) is 4.86. The number of methoxy groups -OCH3 is 2. The molecule has 0 spiro atoms. The highest BCUT2D eigenvalue weighted by Crippen LogP contribution is 2.48. The van der Waals surface area contributed by atoms with Crippen LogP contribution in [0, 0.1) is 0 Å². The SMILES string of the molecule is CCOC(=O)C1=C(C)NC2=C(C(=O)C[C@H](c3ccccc3)C2)[C@H]1c1cc(OC)ccc1OC. The smallest absolute Gasteiger partial charge is 0.336 e. The van der Waals surface area contributed by atoms with Crippen molar-refractivity contribution in [3.8, 4) is 11.5 Å². The van der Waals surface area contributed by atoms with Crippen molar-refractivity contribution in [2.75, 3.05) is 20.8 Å². The summed E-state index contributed by atoms with van der Waals surface area (Å²) >= 11 is 0. The quantitative estimate of drug-likeness (QED) is 0.651. The number of dihydropyridines is 1. The number of carbonyl (C=O) groups is 2. The van der Waals surface area contributed by atoms with E-state index in [0.717, 1.165) is 11.3 Å². The highest BCUT2D eigenvalue weighted by Gasteiger charge is 2.42. The maximum Gasteiger partial charge on any atom is 0.336 e. The Labute approximate surface area is 194 Å². The van der Waals surface area contributed by atoms with Gasteiger partial charge in [0.25, 0.3) is 0 Å². The van der Waals surface area contributed by atoms with Crippen molar-refractivity contribution in [2.45, 2.75) is 38.5 Å². The summed E-state index contributed by atoms with van der Waals surface area (Å²) in [6, 6.07) is 15.5. The van der Waals surface area contributed by atoms with E-state index < -0.39 is 11.9 Å². The van der Waals surface area contributed by atoms with Crippen molar-refractivity contribution >= 4 is 11.8 Å². The average Bonchev–Trinajstić information content (AvgIpc) is 2.83. The molecule has 0 bridgehead atoms. The summed E-state index contributed by atoms with van der Waals surface area (Å²) in [5.74, 6) is 0.257. The normalized spacial score (nSPS) is 20.2. The van der Waals surface area contributed by atoms with Crippen LogP contribution in [0.4, 0.5) is 0 Å². The number of carbonyl (C=O) groups excluding carboxylic acids is 2. The number of nitrogens with one attached hydrogen (secondary N) is 1. The topological polar surface area (TPSA) is 73.9 Å². The van der Waals surface area contributed by atoms with Gasteiger partial charge in [0.05, 0.1) is 32.3 Å². The predicted molar refractivity (Wildman–Crippen MR) is 125 cm³/mol. The summed E-state index contributed by atoms with van der Waals surface area (Å²) in [6.07, 6.45) is 1.06. The van der Waals surface area contributed by atoms with Crippen molar-refractivity contribution < 1.29 is 23.8 Å². The third-order valence-corrected chi connectivity index (χ3v) is 6.34. The molecule has 4 rings (SSSR count). The zero-order chi connectivity index (χ0) is 23.5. The minimum absolute atomic E-state index is 0.0155. The number of esters is 1. The van der Waals surface area contributed by atoms with Crippen LogP contribution >= 0.6 is 0 Å². The Bertz CT molecular complexity index is 1130. The Morgan fingerprint density at radius 1 is 1.06 bits per heavy atom. The second-order valence-corrected chi connectivity index (χ2v) is 8.26. The molecule has 0 unspecified atom stereocenters. The fourth-order valence-electron chi connectivity index (χ4n) is 4.86. The van der Waals surface area contributed by atoms with Crippen LogP contribution in [0.3, 0.4) is 0 Å². The largest absolute Gasteiger partial charge is 0.497 e. The van der Waals surface area contributed by atoms with Crippen molar-refractivity contribution in [3.63, 3.8) is 0 Å². The molecule has 1 heterocycles. The molecule has 2 aromatic carbocycles. The predicted octanol–water partition coefficient (Wildman–Crippen LogP) is 4.63. The Morgan fingerprint density at radius 3 is 2.48 bits per heavy atom. The van der Waals surface area contributed by atoms with E-state index in [1.807, 2.05) is 31.2 Å². The molecule has 2 aliphatic rings. The molecule has 0 saturated carbocycles. The first kappa shape index (κ1) is 22.6. The second-order valence-electron chi connectivity index (χ2n) is 8.26. The Kier molecular flexibility index (Phi) is 6.54. The fraction of sp³-hybridized carbons (Fsp3) is 0.333. The van der Waals surface area contributed by atoms with E-state index in [0.29, 0.717) is 46.7 Å². The Hall–Kier alpha value is -3.54. The number of ether oxygens (including phenoxy) is 3. The van der Waals surface area contributed by atoms with Gasteiger partial charge < -0.3 is 19.5 Å². The van der Waals surface area contributed by atoms with Crippen LogP contribution in [0.5, 0.6) is 11.5 Å². The van der Waals surface area contributed by atoms with Gasteiger partial charge in [0.2, 0.25) is 0 Å². The molecule has 1 aliphatic heterocycles. The molecule has 2 aromatic rings. The van der Waals surface area contributed by atoms with Crippen LogP contribution in [-0.4, -0.2) is 32.6 Å². The monoisotopic (exact) mass is 447 g/mol. The minimum atomic E-state index is -0.602. The van der Waals surface area contributed by atoms with Crippen LogP contribution in [0.2, 0.25) is 0 Å². The van der Waals surface area contributed by atoms with Gasteiger partial charge in [-0.2, -0.15) is 0 Å². The lowest BCUT2D eigenvalue weighted by Gasteiger charge is -2.37. The second kappa shape index (κ2) is 9.53. The molecule has 6 nitrogen and oxygen atoms in total. The molecular formula is C27H29NO5. The zero-order valence-corrected chi connectivity index (χ0v) is 19.4. The lowest BCUT2D eigenvalue weighted by Crippen LogP contribution is -2.36. The van der Waals surface area contributed by atoms with Gasteiger partial charge in [-0.25, -0.2) is 4.79 Å². The summed E-state index contributed by atoms with van der Waals surface area (Å²) in [5, 5.41) is 3.37. The number of allylic oxidation sites excluding steroid dienone is 3. The summed E-state index contributed by atoms with van der Waals surface area (Å²) in [4.78, 5) is 26.7. The van der Waals surface area contributed by atoms with Crippen molar-refractivity contribution in [1.29, 1.82) is 0 Å². The van der Waals surface area contributed by atoms with Gasteiger partial charge in [-0.05, 0) is 49.9 Å². The molecule has 0 amide bonds. The first-order valence-electron chi connectivity index (χ1n) is 11.2. The summed E-state index contributed by atoms with van der Waals surface area (Å²) < 4.78 is 16.5. The molecule has 0 fully saturated rings. The third kappa shape index (κ3) is 4.25. The lowest BCUT2D eigenvalue weighted by molar-refractivity contribution is -0.138. The van der Waals surface area contributed by atoms with Gasteiger partial charge in [-0.1, -0.05) is 30.3 Å². The van der Waals surface area contributed by atoms with Gasteiger partial charge >= 0.3 is 5.97 Å². The lowest BCUT2D eigenvalue weighted by atomic mass is 9.71. The first-order valence-corrected chi connectivity index (χ1v) is 11.2. The molecule has 0 saturated heterocycles. The van der Waals surface area contributed by atoms with E-state index in [-0.39, 0.29) is 18.3 Å². The first-order chi connectivity index (χ1) is 16.0. The molecular weight excluding hydrogens is 418 g/mol. The number of rotatable bonds is 6. The zero-order valence-electron chi connectivity index (χ0n) is 19.4. The Balaban J connectivity index is 1.87. The van der Waals surface area contributed by atoms with E-state index in [1.54, 1.807) is 33.3 Å². The van der Waals surface area contributed by atoms with Crippen molar-refractivity contribution in [1.82, 2.24) is 5.32 Å². The molecule has 2 atom stereocenters. The number of ketones is 1. The molecule has 0 aromatic heterocycles. The maximum atomic E-state index is 13.6. The summed E-state index contributed by atoms with van der Waals surface area (Å²) in [6.45, 7) is 3.87. The van der Waals surface area contributed by atoms with Crippen LogP contribution in [0.15, 0.2) is 71.1 Å². The van der Waals surface area contributed by atoms with Crippen LogP contribution in [0.1, 0.15) is 49.7 Å². The van der Waals surface area contributed by atoms with Gasteiger partial charge in [0.15, 0.2) is 5.78 Å². The third-order valence-electron chi connectivity index (χ3n) is 6.34. The number of Topliss-reactive ketones (excluding diaryl/α,β-unsaturated/α-hetero) is 1. The van der Waals surface area contributed by atoms with Crippen molar-refractivity contribution in [2.24, 2.45) is 0 Å². The number of hydrogen-bond acceptors (Lipinski definition) is 6. The highest BCUT2D eigenvalue weighted by molar-refractivity contribution is 6.04. The average molecular weight is 448 g/mol. The van der Waals surface area contributed by atoms with Crippen LogP contribution < -0.4 is 14.8 Å². The summed E-state index contributed by atoms with van der Waals surface area (Å²) in [5.41, 5.74) is 4.40. The van der Waals surface area contributed by atoms with Crippen LogP contribution in [-0.2, 0) is 14.3 Å². The minimum Gasteiger partial charge on any atom is -0.497 e. The van der Waals surface area contributed by atoms with Crippen LogP contribution in [0.25, 0.3) is 0 Å². The van der Waals surface area contributed by atoms with E-state index >= 15 is 0 Å². The maximum absolute atomic E-state index is 13.6. The van der Waals surface area contributed by atoms with E-state index in [2.05, 4.69) is 17.4 Å². The van der Waals surface area contributed by atoms with Gasteiger partial charge in [0, 0.05) is 29.0 Å². The Morgan fingerprint density at radius 2 is 1.82 bits per heavy atom. The number of benzene rings is 2. The van der Waals surface area contributed by atoms with E-state index in [4.69, 9.17) is 14.2 Å². The standard InChI is InChI=1S/C27H29NO5/c1-5-33-27(30)24-16(2)28-21-13-18(17-9-7-6-8-10-17)14-22(29)26(21)25(24)20-15-19(31-3)11-12-23(20)32-4/h6-12,15,18,25,28H,5,13-14H2,1-4H3/t18-,25+/m1/s1.